The highest BCUT2D eigenvalue weighted by molar-refractivity contribution is 9.10. The molecule has 0 saturated heterocycles. The Bertz CT molecular complexity index is 738. The number of nitrogens with one attached hydrogen (secondary N) is 1. The molecule has 0 aliphatic carbocycles. The molecule has 0 aliphatic rings. The van der Waals surface area contributed by atoms with Crippen molar-refractivity contribution < 1.29 is 13.2 Å². The van der Waals surface area contributed by atoms with Crippen molar-refractivity contribution in [2.75, 3.05) is 6.26 Å². The molecule has 0 fully saturated rings. The summed E-state index contributed by atoms with van der Waals surface area (Å²) in [6, 6.07) is 8.10. The number of carbonyl (C=O) groups is 1. The van der Waals surface area contributed by atoms with Gasteiger partial charge in [-0.2, -0.15) is 0 Å². The van der Waals surface area contributed by atoms with Crippen LogP contribution in [0.4, 0.5) is 0 Å². The van der Waals surface area contributed by atoms with Crippen molar-refractivity contribution in [3.05, 3.63) is 50.6 Å². The molecule has 0 unspecified atom stereocenters. The highest BCUT2D eigenvalue weighted by atomic mass is 79.9. The lowest BCUT2D eigenvalue weighted by molar-refractivity contribution is 0.0948. The van der Waals surface area contributed by atoms with Crippen LogP contribution in [-0.2, 0) is 16.4 Å². The van der Waals surface area contributed by atoms with E-state index < -0.39 is 15.7 Å². The van der Waals surface area contributed by atoms with Gasteiger partial charge in [-0.1, -0.05) is 12.1 Å². The molecule has 4 nitrogen and oxygen atoms in total. The second-order valence-corrected chi connectivity index (χ2v) is 8.08. The summed E-state index contributed by atoms with van der Waals surface area (Å²) in [5.74, 6) is -0.393. The normalized spacial score (nSPS) is 11.3. The minimum absolute atomic E-state index is 0.0462. The molecule has 0 bridgehead atoms. The molecule has 1 heterocycles. The van der Waals surface area contributed by atoms with Gasteiger partial charge < -0.3 is 5.32 Å². The van der Waals surface area contributed by atoms with E-state index in [1.165, 1.54) is 23.5 Å². The van der Waals surface area contributed by atoms with Gasteiger partial charge in [-0.25, -0.2) is 8.42 Å². The number of amides is 1. The monoisotopic (exact) mass is 373 g/mol. The Morgan fingerprint density at radius 2 is 2.05 bits per heavy atom. The molecular formula is C13H12BrNO3S2. The zero-order valence-electron chi connectivity index (χ0n) is 10.6. The van der Waals surface area contributed by atoms with Crippen molar-refractivity contribution in [1.82, 2.24) is 5.32 Å². The number of sulfone groups is 1. The van der Waals surface area contributed by atoms with Crippen molar-refractivity contribution in [3.8, 4) is 0 Å². The average Bonchev–Trinajstić information content (AvgIpc) is 2.81. The fourth-order valence-electron chi connectivity index (χ4n) is 1.69. The zero-order valence-corrected chi connectivity index (χ0v) is 13.8. The number of carbonyl (C=O) groups excluding carboxylic acids is 1. The molecule has 1 aromatic carbocycles. The Balaban J connectivity index is 2.18. The quantitative estimate of drug-likeness (QED) is 0.895. The van der Waals surface area contributed by atoms with Gasteiger partial charge in [0.05, 0.1) is 17.0 Å². The first kappa shape index (κ1) is 15.2. The van der Waals surface area contributed by atoms with Crippen molar-refractivity contribution in [2.45, 2.75) is 11.4 Å². The summed E-state index contributed by atoms with van der Waals surface area (Å²) in [6.07, 6.45) is 1.09. The predicted octanol–water partition coefficient (Wildman–Crippen LogP) is 2.84. The van der Waals surface area contributed by atoms with E-state index in [1.54, 1.807) is 12.1 Å². The number of hydrogen-bond acceptors (Lipinski definition) is 4. The third kappa shape index (κ3) is 3.68. The number of halogens is 1. The van der Waals surface area contributed by atoms with Crippen LogP contribution in [0.3, 0.4) is 0 Å². The standard InChI is InChI=1S/C13H12BrNO3S2/c1-20(17,18)12-5-3-2-4-11(12)13(16)15-7-10-6-9(14)8-19-10/h2-6,8H,7H2,1H3,(H,15,16). The van der Waals surface area contributed by atoms with E-state index in [1.807, 2.05) is 11.4 Å². The lowest BCUT2D eigenvalue weighted by Crippen LogP contribution is -2.24. The first-order chi connectivity index (χ1) is 9.38. The molecule has 0 atom stereocenters. The summed E-state index contributed by atoms with van der Waals surface area (Å²) in [5.41, 5.74) is 0.172. The van der Waals surface area contributed by atoms with Crippen LogP contribution in [0.15, 0.2) is 45.1 Å². The van der Waals surface area contributed by atoms with Crippen molar-refractivity contribution in [3.63, 3.8) is 0 Å². The van der Waals surface area contributed by atoms with Crippen LogP contribution in [-0.4, -0.2) is 20.6 Å². The molecule has 106 valence electrons. The van der Waals surface area contributed by atoms with Crippen LogP contribution in [0.25, 0.3) is 0 Å². The van der Waals surface area contributed by atoms with Gasteiger partial charge in [0, 0.05) is 21.0 Å². The number of rotatable bonds is 4. The second kappa shape index (κ2) is 6.07. The van der Waals surface area contributed by atoms with Crippen LogP contribution in [0.1, 0.15) is 15.2 Å². The van der Waals surface area contributed by atoms with E-state index in [0.717, 1.165) is 15.6 Å². The summed E-state index contributed by atoms with van der Waals surface area (Å²) in [4.78, 5) is 13.1. The van der Waals surface area contributed by atoms with Gasteiger partial charge in [0.15, 0.2) is 9.84 Å². The molecule has 0 saturated carbocycles. The largest absolute Gasteiger partial charge is 0.347 e. The molecule has 0 radical (unpaired) electrons. The minimum Gasteiger partial charge on any atom is -0.347 e. The number of hydrogen-bond donors (Lipinski definition) is 1. The summed E-state index contributed by atoms with van der Waals surface area (Å²) in [7, 11) is -3.42. The van der Waals surface area contributed by atoms with Crippen molar-refractivity contribution in [1.29, 1.82) is 0 Å². The van der Waals surface area contributed by atoms with Crippen LogP contribution in [0.5, 0.6) is 0 Å². The topological polar surface area (TPSA) is 63.2 Å². The highest BCUT2D eigenvalue weighted by Gasteiger charge is 2.17. The number of thiophene rings is 1. The third-order valence-electron chi connectivity index (χ3n) is 2.58. The summed E-state index contributed by atoms with van der Waals surface area (Å²) in [5, 5.41) is 4.65. The maximum Gasteiger partial charge on any atom is 0.252 e. The highest BCUT2D eigenvalue weighted by Crippen LogP contribution is 2.20. The average molecular weight is 374 g/mol. The summed E-state index contributed by atoms with van der Waals surface area (Å²) >= 11 is 4.86. The molecule has 20 heavy (non-hydrogen) atoms. The lowest BCUT2D eigenvalue weighted by atomic mass is 10.2. The van der Waals surface area contributed by atoms with E-state index in [4.69, 9.17) is 0 Å². The lowest BCUT2D eigenvalue weighted by Gasteiger charge is -2.08. The molecule has 7 heteroatoms. The molecular weight excluding hydrogens is 362 g/mol. The second-order valence-electron chi connectivity index (χ2n) is 4.18. The molecule has 0 aliphatic heterocycles. The molecule has 1 aromatic heterocycles. The zero-order chi connectivity index (χ0) is 14.8. The predicted molar refractivity (Wildman–Crippen MR) is 82.7 cm³/mol. The fraction of sp³-hybridized carbons (Fsp3) is 0.154. The van der Waals surface area contributed by atoms with Gasteiger partial charge in [0.2, 0.25) is 0 Å². The Kier molecular flexibility index (Phi) is 4.62. The molecule has 0 spiro atoms. The molecule has 2 aromatic rings. The van der Waals surface area contributed by atoms with Crippen LogP contribution in [0.2, 0.25) is 0 Å². The first-order valence-electron chi connectivity index (χ1n) is 5.68. The Morgan fingerprint density at radius 3 is 2.65 bits per heavy atom. The van der Waals surface area contributed by atoms with E-state index in [9.17, 15) is 13.2 Å². The van der Waals surface area contributed by atoms with Gasteiger partial charge >= 0.3 is 0 Å². The third-order valence-corrected chi connectivity index (χ3v) is 5.43. The van der Waals surface area contributed by atoms with E-state index >= 15 is 0 Å². The van der Waals surface area contributed by atoms with Crippen LogP contribution in [0, 0.1) is 0 Å². The van der Waals surface area contributed by atoms with Crippen LogP contribution >= 0.6 is 27.3 Å². The first-order valence-corrected chi connectivity index (χ1v) is 9.24. The number of benzene rings is 1. The maximum absolute atomic E-state index is 12.1. The SMILES string of the molecule is CS(=O)(=O)c1ccccc1C(=O)NCc1cc(Br)cs1. The van der Waals surface area contributed by atoms with Crippen LogP contribution < -0.4 is 5.32 Å². The van der Waals surface area contributed by atoms with Crippen molar-refractivity contribution >= 4 is 43.0 Å². The summed E-state index contributed by atoms with van der Waals surface area (Å²) in [6.45, 7) is 0.368. The van der Waals surface area contributed by atoms with Gasteiger partial charge in [0.1, 0.15) is 0 Å². The van der Waals surface area contributed by atoms with Gasteiger partial charge in [-0.15, -0.1) is 11.3 Å². The van der Waals surface area contributed by atoms with Gasteiger partial charge in [0.25, 0.3) is 5.91 Å². The van der Waals surface area contributed by atoms with E-state index in [2.05, 4.69) is 21.2 Å². The Hall–Kier alpha value is -1.18. The fourth-order valence-corrected chi connectivity index (χ4v) is 3.96. The molecule has 2 rings (SSSR count). The van der Waals surface area contributed by atoms with Crippen molar-refractivity contribution in [2.24, 2.45) is 0 Å². The Labute approximate surface area is 129 Å². The van der Waals surface area contributed by atoms with E-state index in [0.29, 0.717) is 6.54 Å². The smallest absolute Gasteiger partial charge is 0.252 e. The van der Waals surface area contributed by atoms with E-state index in [-0.39, 0.29) is 10.5 Å². The molecule has 1 amide bonds. The van der Waals surface area contributed by atoms with Gasteiger partial charge in [-0.05, 0) is 34.1 Å². The summed E-state index contributed by atoms with van der Waals surface area (Å²) < 4.78 is 24.3. The van der Waals surface area contributed by atoms with Gasteiger partial charge in [-0.3, -0.25) is 4.79 Å². The maximum atomic E-state index is 12.1. The Morgan fingerprint density at radius 1 is 1.35 bits per heavy atom. The minimum atomic E-state index is -3.42. The molecule has 1 N–H and O–H groups in total.